The minimum atomic E-state index is -0.404. The van der Waals surface area contributed by atoms with E-state index < -0.39 is 5.91 Å². The van der Waals surface area contributed by atoms with Crippen LogP contribution in [0.3, 0.4) is 0 Å². The van der Waals surface area contributed by atoms with Crippen LogP contribution in [0.2, 0.25) is 10.0 Å². The van der Waals surface area contributed by atoms with Crippen LogP contribution in [0.25, 0.3) is 0 Å². The number of H-pyrrole nitrogens is 1. The summed E-state index contributed by atoms with van der Waals surface area (Å²) < 4.78 is 13.7. The van der Waals surface area contributed by atoms with Gasteiger partial charge in [0.25, 0.3) is 0 Å². The highest BCUT2D eigenvalue weighted by molar-refractivity contribution is 6.34. The molecule has 5 nitrogen and oxygen atoms in total. The standard InChI is InChI=1S/C21H21Cl2FN4O/c22-16-8-15(9-17(23)12-16)11-19(21-26-5-6-27-21)28(7-4-20(25)29)13-14-2-1-3-18(24)10-14/h1-3,5-6,8-10,12,19H,4,7,11,13H2,(H2,25,29)(H,26,27). The Morgan fingerprint density at radius 1 is 1.17 bits per heavy atom. The van der Waals surface area contributed by atoms with Gasteiger partial charge in [-0.05, 0) is 47.9 Å². The maximum absolute atomic E-state index is 13.7. The molecule has 8 heteroatoms. The Bertz CT molecular complexity index is 945. The van der Waals surface area contributed by atoms with Gasteiger partial charge in [-0.25, -0.2) is 9.37 Å². The van der Waals surface area contributed by atoms with Crippen LogP contribution in [-0.4, -0.2) is 27.3 Å². The third kappa shape index (κ3) is 6.29. The largest absolute Gasteiger partial charge is 0.370 e. The number of aromatic nitrogens is 2. The monoisotopic (exact) mass is 434 g/mol. The van der Waals surface area contributed by atoms with Gasteiger partial charge in [0.05, 0.1) is 6.04 Å². The number of aromatic amines is 1. The first-order valence-corrected chi connectivity index (χ1v) is 9.87. The molecule has 0 saturated heterocycles. The number of hydrogen-bond acceptors (Lipinski definition) is 3. The van der Waals surface area contributed by atoms with Crippen molar-refractivity contribution in [1.82, 2.24) is 14.9 Å². The number of nitrogens with zero attached hydrogens (tertiary/aromatic N) is 2. The second-order valence-corrected chi connectivity index (χ2v) is 7.66. The molecule has 1 atom stereocenters. The van der Waals surface area contributed by atoms with Crippen LogP contribution >= 0.6 is 23.2 Å². The molecule has 0 aliphatic rings. The first-order chi connectivity index (χ1) is 13.9. The number of amides is 1. The molecule has 3 aromatic rings. The van der Waals surface area contributed by atoms with Gasteiger partial charge in [-0.3, -0.25) is 9.69 Å². The summed E-state index contributed by atoms with van der Waals surface area (Å²) in [5.74, 6) is 0.00808. The van der Waals surface area contributed by atoms with Crippen molar-refractivity contribution in [3.05, 3.63) is 87.7 Å². The average molecular weight is 435 g/mol. The summed E-state index contributed by atoms with van der Waals surface area (Å²) in [4.78, 5) is 21.0. The Hall–Kier alpha value is -2.41. The maximum Gasteiger partial charge on any atom is 0.218 e. The van der Waals surface area contributed by atoms with Crippen molar-refractivity contribution in [3.8, 4) is 0 Å². The number of rotatable bonds is 9. The topological polar surface area (TPSA) is 75.0 Å². The van der Waals surface area contributed by atoms with E-state index in [0.717, 1.165) is 17.0 Å². The maximum atomic E-state index is 13.7. The second kappa shape index (κ2) is 9.87. The average Bonchev–Trinajstić information content (AvgIpc) is 3.17. The first-order valence-electron chi connectivity index (χ1n) is 9.12. The minimum Gasteiger partial charge on any atom is -0.370 e. The highest BCUT2D eigenvalue weighted by Crippen LogP contribution is 2.28. The van der Waals surface area contributed by atoms with Gasteiger partial charge in [-0.15, -0.1) is 0 Å². The summed E-state index contributed by atoms with van der Waals surface area (Å²) in [6.07, 6.45) is 4.12. The minimum absolute atomic E-state index is 0.169. The Morgan fingerprint density at radius 3 is 2.55 bits per heavy atom. The Kier molecular flexibility index (Phi) is 7.25. The van der Waals surface area contributed by atoms with Crippen molar-refractivity contribution >= 4 is 29.1 Å². The van der Waals surface area contributed by atoms with E-state index >= 15 is 0 Å². The third-order valence-corrected chi connectivity index (χ3v) is 4.98. The van der Waals surface area contributed by atoms with Crippen molar-refractivity contribution in [3.63, 3.8) is 0 Å². The lowest BCUT2D eigenvalue weighted by Gasteiger charge is -2.30. The van der Waals surface area contributed by atoms with Gasteiger partial charge in [0, 0.05) is 41.9 Å². The fraction of sp³-hybridized carbons (Fsp3) is 0.238. The molecule has 1 unspecified atom stereocenters. The fourth-order valence-electron chi connectivity index (χ4n) is 3.28. The van der Waals surface area contributed by atoms with E-state index in [1.165, 1.54) is 12.1 Å². The normalized spacial score (nSPS) is 12.3. The van der Waals surface area contributed by atoms with Gasteiger partial charge in [-0.1, -0.05) is 35.3 Å². The SMILES string of the molecule is NC(=O)CCN(Cc1cccc(F)c1)C(Cc1cc(Cl)cc(Cl)c1)c1ncc[nH]1. The predicted octanol–water partition coefficient (Wildman–Crippen LogP) is 4.52. The van der Waals surface area contributed by atoms with Crippen molar-refractivity contribution in [1.29, 1.82) is 0 Å². The number of carbonyl (C=O) groups excluding carboxylic acids is 1. The summed E-state index contributed by atoms with van der Waals surface area (Å²) >= 11 is 12.3. The highest BCUT2D eigenvalue weighted by Gasteiger charge is 2.24. The summed E-state index contributed by atoms with van der Waals surface area (Å²) in [5, 5.41) is 1.08. The molecule has 1 amide bonds. The molecular formula is C21H21Cl2FN4O. The molecule has 152 valence electrons. The zero-order chi connectivity index (χ0) is 20.8. The number of hydrogen-bond donors (Lipinski definition) is 2. The van der Waals surface area contributed by atoms with Crippen LogP contribution in [0, 0.1) is 5.82 Å². The number of nitrogens with one attached hydrogen (secondary N) is 1. The molecule has 29 heavy (non-hydrogen) atoms. The number of carbonyl (C=O) groups is 1. The molecule has 3 N–H and O–H groups in total. The molecule has 0 bridgehead atoms. The van der Waals surface area contributed by atoms with Crippen molar-refractivity contribution in [2.75, 3.05) is 6.54 Å². The lowest BCUT2D eigenvalue weighted by molar-refractivity contribution is -0.118. The van der Waals surface area contributed by atoms with E-state index in [4.69, 9.17) is 28.9 Å². The van der Waals surface area contributed by atoms with E-state index in [0.29, 0.717) is 29.6 Å². The number of imidazole rings is 1. The fourth-order valence-corrected chi connectivity index (χ4v) is 3.85. The summed E-state index contributed by atoms with van der Waals surface area (Å²) in [7, 11) is 0. The molecule has 0 aliphatic heterocycles. The van der Waals surface area contributed by atoms with Gasteiger partial charge >= 0.3 is 0 Å². The van der Waals surface area contributed by atoms with Crippen LogP contribution < -0.4 is 5.73 Å². The first kappa shape index (κ1) is 21.3. The van der Waals surface area contributed by atoms with Gasteiger partial charge in [-0.2, -0.15) is 0 Å². The Balaban J connectivity index is 1.93. The van der Waals surface area contributed by atoms with Crippen LogP contribution in [0.1, 0.15) is 29.4 Å². The van der Waals surface area contributed by atoms with Crippen LogP contribution in [0.5, 0.6) is 0 Å². The van der Waals surface area contributed by atoms with Crippen LogP contribution in [-0.2, 0) is 17.8 Å². The highest BCUT2D eigenvalue weighted by atomic mass is 35.5. The number of primary amides is 1. The number of benzene rings is 2. The van der Waals surface area contributed by atoms with Crippen molar-refractivity contribution in [2.45, 2.75) is 25.4 Å². The van der Waals surface area contributed by atoms with E-state index in [1.54, 1.807) is 24.5 Å². The molecule has 2 aromatic carbocycles. The number of halogens is 3. The third-order valence-electron chi connectivity index (χ3n) is 4.55. The summed E-state index contributed by atoms with van der Waals surface area (Å²) in [6.45, 7) is 0.816. The zero-order valence-electron chi connectivity index (χ0n) is 15.6. The lowest BCUT2D eigenvalue weighted by Crippen LogP contribution is -2.33. The summed E-state index contributed by atoms with van der Waals surface area (Å²) in [6, 6.07) is 11.5. The number of nitrogens with two attached hydrogens (primary N) is 1. The van der Waals surface area contributed by atoms with Gasteiger partial charge in [0.2, 0.25) is 5.91 Å². The molecule has 0 saturated carbocycles. The van der Waals surface area contributed by atoms with Gasteiger partial charge in [0.1, 0.15) is 11.6 Å². The second-order valence-electron chi connectivity index (χ2n) is 6.79. The van der Waals surface area contributed by atoms with Crippen molar-refractivity contribution in [2.24, 2.45) is 5.73 Å². The molecule has 3 rings (SSSR count). The van der Waals surface area contributed by atoms with E-state index in [9.17, 15) is 9.18 Å². The molecule has 1 aromatic heterocycles. The lowest BCUT2D eigenvalue weighted by atomic mass is 10.0. The summed E-state index contributed by atoms with van der Waals surface area (Å²) in [5.41, 5.74) is 7.10. The molecule has 0 radical (unpaired) electrons. The molecule has 0 aliphatic carbocycles. The molecule has 0 fully saturated rings. The van der Waals surface area contributed by atoms with E-state index in [1.807, 2.05) is 23.1 Å². The Morgan fingerprint density at radius 2 is 1.93 bits per heavy atom. The van der Waals surface area contributed by atoms with Gasteiger partial charge in [0.15, 0.2) is 0 Å². The smallest absolute Gasteiger partial charge is 0.218 e. The molecular weight excluding hydrogens is 414 g/mol. The predicted molar refractivity (Wildman–Crippen MR) is 112 cm³/mol. The quantitative estimate of drug-likeness (QED) is 0.519. The zero-order valence-corrected chi connectivity index (χ0v) is 17.1. The van der Waals surface area contributed by atoms with Crippen LogP contribution in [0.4, 0.5) is 4.39 Å². The van der Waals surface area contributed by atoms with E-state index in [-0.39, 0.29) is 18.3 Å². The van der Waals surface area contributed by atoms with Crippen LogP contribution in [0.15, 0.2) is 54.9 Å². The molecule has 0 spiro atoms. The molecule has 1 heterocycles. The Labute approximate surface area is 178 Å². The van der Waals surface area contributed by atoms with Gasteiger partial charge < -0.3 is 10.7 Å². The van der Waals surface area contributed by atoms with Crippen molar-refractivity contribution < 1.29 is 9.18 Å². The van der Waals surface area contributed by atoms with E-state index in [2.05, 4.69) is 9.97 Å².